The summed E-state index contributed by atoms with van der Waals surface area (Å²) in [5.41, 5.74) is -2.42. The van der Waals surface area contributed by atoms with E-state index in [-0.39, 0.29) is 35.8 Å². The average molecular weight is 535 g/mol. The monoisotopic (exact) mass is 534 g/mol. The van der Waals surface area contributed by atoms with E-state index >= 15 is 0 Å². The van der Waals surface area contributed by atoms with E-state index in [1.165, 1.54) is 0 Å². The molecular formula is C25H18ClF7O3. The number of halogens is 8. The highest BCUT2D eigenvalue weighted by Crippen LogP contribution is 2.38. The Kier molecular flexibility index (Phi) is 7.49. The molecular weight excluding hydrogens is 517 g/mol. The summed E-state index contributed by atoms with van der Waals surface area (Å²) in [6, 6.07) is 5.08. The van der Waals surface area contributed by atoms with Gasteiger partial charge in [0.05, 0.1) is 13.2 Å². The number of hydrogen-bond acceptors (Lipinski definition) is 3. The average Bonchev–Trinajstić information content (AvgIpc) is 2.81. The molecule has 1 heterocycles. The van der Waals surface area contributed by atoms with E-state index in [2.05, 4.69) is 4.74 Å². The second kappa shape index (κ2) is 10.3. The molecule has 1 saturated heterocycles. The molecule has 3 aromatic rings. The molecule has 0 bridgehead atoms. The Balaban J connectivity index is 1.57. The summed E-state index contributed by atoms with van der Waals surface area (Å²) < 4.78 is 116. The molecule has 0 amide bonds. The maximum Gasteiger partial charge on any atom is 0.432 e. The first kappa shape index (κ1) is 26.2. The molecule has 0 aromatic heterocycles. The van der Waals surface area contributed by atoms with Gasteiger partial charge in [-0.2, -0.15) is 8.78 Å². The van der Waals surface area contributed by atoms with Gasteiger partial charge in [-0.25, -0.2) is 22.0 Å². The van der Waals surface area contributed by atoms with E-state index in [0.717, 1.165) is 30.7 Å². The molecule has 0 radical (unpaired) electrons. The second-order valence-electron chi connectivity index (χ2n) is 8.15. The van der Waals surface area contributed by atoms with Crippen LogP contribution in [0.5, 0.6) is 5.75 Å². The predicted octanol–water partition coefficient (Wildman–Crippen LogP) is 7.90. The van der Waals surface area contributed by atoms with Gasteiger partial charge in [-0.05, 0) is 48.4 Å². The summed E-state index contributed by atoms with van der Waals surface area (Å²) in [6.07, 6.45) is -4.89. The molecule has 3 nitrogen and oxygen atoms in total. The van der Waals surface area contributed by atoms with E-state index < -0.39 is 57.8 Å². The van der Waals surface area contributed by atoms with Gasteiger partial charge >= 0.3 is 6.11 Å². The van der Waals surface area contributed by atoms with Crippen molar-refractivity contribution in [3.05, 3.63) is 87.7 Å². The van der Waals surface area contributed by atoms with Crippen molar-refractivity contribution in [3.63, 3.8) is 0 Å². The minimum atomic E-state index is -4.54. The Morgan fingerprint density at radius 3 is 1.97 bits per heavy atom. The van der Waals surface area contributed by atoms with Crippen molar-refractivity contribution in [2.24, 2.45) is 5.92 Å². The van der Waals surface area contributed by atoms with E-state index in [9.17, 15) is 30.7 Å². The summed E-state index contributed by atoms with van der Waals surface area (Å²) in [5, 5.41) is -0.791. The van der Waals surface area contributed by atoms with E-state index in [1.54, 1.807) is 0 Å². The Morgan fingerprint density at radius 2 is 1.44 bits per heavy atom. The summed E-state index contributed by atoms with van der Waals surface area (Å²) in [6.45, 7) is 2.48. The van der Waals surface area contributed by atoms with Crippen molar-refractivity contribution in [1.82, 2.24) is 0 Å². The van der Waals surface area contributed by atoms with Crippen LogP contribution in [0.15, 0.2) is 42.5 Å². The molecule has 4 rings (SSSR count). The molecule has 0 N–H and O–H groups in total. The molecule has 1 aliphatic heterocycles. The molecule has 0 atom stereocenters. The van der Waals surface area contributed by atoms with Crippen LogP contribution in [0, 0.1) is 35.0 Å². The van der Waals surface area contributed by atoms with Crippen LogP contribution in [0.2, 0.25) is 5.02 Å². The van der Waals surface area contributed by atoms with E-state index in [4.69, 9.17) is 21.1 Å². The second-order valence-corrected chi connectivity index (χ2v) is 8.52. The zero-order valence-corrected chi connectivity index (χ0v) is 19.3. The molecule has 1 aliphatic rings. The third kappa shape index (κ3) is 5.30. The quantitative estimate of drug-likeness (QED) is 0.238. The van der Waals surface area contributed by atoms with Crippen LogP contribution >= 0.6 is 11.6 Å². The summed E-state index contributed by atoms with van der Waals surface area (Å²) in [7, 11) is 0. The van der Waals surface area contributed by atoms with Crippen molar-refractivity contribution >= 4 is 11.6 Å². The van der Waals surface area contributed by atoms with Crippen LogP contribution in [-0.4, -0.2) is 13.2 Å². The Morgan fingerprint density at radius 1 is 0.861 bits per heavy atom. The fourth-order valence-electron chi connectivity index (χ4n) is 3.68. The molecule has 0 aliphatic carbocycles. The standard InChI is InChI=1S/C25H18ClF7O3/c1-2-12-10-34-24(35-11-12)14-7-18(28)22(19(29)8-14)25(32,33)36-15-3-4-16(17(27)9-15)13-5-20(30)23(26)21(31)6-13/h3-9,12,24H,2,10-11H2,1H3. The zero-order chi connectivity index (χ0) is 26.2. The van der Waals surface area contributed by atoms with Crippen LogP contribution in [-0.2, 0) is 15.6 Å². The fourth-order valence-corrected chi connectivity index (χ4v) is 3.79. The highest BCUT2D eigenvalue weighted by Gasteiger charge is 2.42. The first-order chi connectivity index (χ1) is 17.0. The van der Waals surface area contributed by atoms with Crippen molar-refractivity contribution in [2.45, 2.75) is 25.7 Å². The predicted molar refractivity (Wildman–Crippen MR) is 116 cm³/mol. The van der Waals surface area contributed by atoms with Crippen LogP contribution in [0.3, 0.4) is 0 Å². The minimum Gasteiger partial charge on any atom is -0.429 e. The van der Waals surface area contributed by atoms with Gasteiger partial charge in [-0.1, -0.05) is 18.5 Å². The highest BCUT2D eigenvalue weighted by molar-refractivity contribution is 6.31. The highest BCUT2D eigenvalue weighted by atomic mass is 35.5. The summed E-state index contributed by atoms with van der Waals surface area (Å²) >= 11 is 5.40. The van der Waals surface area contributed by atoms with E-state index in [0.29, 0.717) is 18.2 Å². The van der Waals surface area contributed by atoms with Gasteiger partial charge in [0.2, 0.25) is 0 Å². The van der Waals surface area contributed by atoms with Gasteiger partial charge in [0.25, 0.3) is 0 Å². The first-order valence-electron chi connectivity index (χ1n) is 10.7. The SMILES string of the molecule is CCC1COC(c2cc(F)c(C(F)(F)Oc3ccc(-c4cc(F)c(Cl)c(F)c4)c(F)c3)c(F)c2)OC1. The van der Waals surface area contributed by atoms with Crippen LogP contribution in [0.1, 0.15) is 30.8 Å². The number of hydrogen-bond donors (Lipinski definition) is 0. The lowest BCUT2D eigenvalue weighted by atomic mass is 10.0. The Bertz CT molecular complexity index is 1230. The smallest absolute Gasteiger partial charge is 0.429 e. The fraction of sp³-hybridized carbons (Fsp3) is 0.280. The van der Waals surface area contributed by atoms with Gasteiger partial charge in [-0.15, -0.1) is 0 Å². The van der Waals surface area contributed by atoms with Gasteiger partial charge in [0.15, 0.2) is 6.29 Å². The van der Waals surface area contributed by atoms with Crippen molar-refractivity contribution in [3.8, 4) is 16.9 Å². The number of alkyl halides is 2. The Hall–Kier alpha value is -2.82. The van der Waals surface area contributed by atoms with E-state index in [1.807, 2.05) is 6.92 Å². The molecule has 3 aromatic carbocycles. The van der Waals surface area contributed by atoms with Gasteiger partial charge in [-0.3, -0.25) is 0 Å². The largest absolute Gasteiger partial charge is 0.432 e. The third-order valence-electron chi connectivity index (χ3n) is 5.65. The molecule has 11 heteroatoms. The maximum absolute atomic E-state index is 14.7. The van der Waals surface area contributed by atoms with Crippen LogP contribution in [0.25, 0.3) is 11.1 Å². The number of rotatable bonds is 6. The van der Waals surface area contributed by atoms with Gasteiger partial charge in [0, 0.05) is 23.1 Å². The van der Waals surface area contributed by atoms with Crippen LogP contribution in [0.4, 0.5) is 30.7 Å². The van der Waals surface area contributed by atoms with Crippen molar-refractivity contribution in [1.29, 1.82) is 0 Å². The first-order valence-corrected chi connectivity index (χ1v) is 11.1. The number of ether oxygens (including phenoxy) is 3. The van der Waals surface area contributed by atoms with Gasteiger partial charge < -0.3 is 14.2 Å². The molecule has 192 valence electrons. The summed E-state index contributed by atoms with van der Waals surface area (Å²) in [5.74, 6) is -7.41. The maximum atomic E-state index is 14.7. The minimum absolute atomic E-state index is 0.109. The molecule has 0 saturated carbocycles. The lowest BCUT2D eigenvalue weighted by Gasteiger charge is -2.29. The third-order valence-corrected chi connectivity index (χ3v) is 6.01. The van der Waals surface area contributed by atoms with Gasteiger partial charge in [0.1, 0.15) is 45.4 Å². The van der Waals surface area contributed by atoms with Crippen molar-refractivity contribution in [2.75, 3.05) is 13.2 Å². The van der Waals surface area contributed by atoms with Crippen LogP contribution < -0.4 is 4.74 Å². The normalized spacial score (nSPS) is 18.4. The van der Waals surface area contributed by atoms with Crippen molar-refractivity contribution < 1.29 is 44.9 Å². The lowest BCUT2D eigenvalue weighted by molar-refractivity contribution is -0.206. The molecule has 36 heavy (non-hydrogen) atoms. The summed E-state index contributed by atoms with van der Waals surface area (Å²) in [4.78, 5) is 0. The Labute approximate surface area is 206 Å². The molecule has 0 unspecified atom stereocenters. The molecule has 1 fully saturated rings. The molecule has 0 spiro atoms. The zero-order valence-electron chi connectivity index (χ0n) is 18.6. The topological polar surface area (TPSA) is 27.7 Å². The lowest BCUT2D eigenvalue weighted by Crippen LogP contribution is -2.28. The number of benzene rings is 3.